The Morgan fingerprint density at radius 1 is 1.00 bits per heavy atom. The monoisotopic (exact) mass is 235 g/mol. The molecule has 3 aliphatic rings. The normalized spacial score (nSPS) is 45.5. The average Bonchev–Trinajstić information content (AvgIpc) is 2.96. The van der Waals surface area contributed by atoms with E-state index in [0.29, 0.717) is 0 Å². The molecule has 17 heavy (non-hydrogen) atoms. The summed E-state index contributed by atoms with van der Waals surface area (Å²) in [6, 6.07) is 0.876. The third kappa shape index (κ3) is 2.05. The molecule has 1 heteroatoms. The molecule has 0 aromatic rings. The first-order valence-corrected chi connectivity index (χ1v) is 7.90. The molecule has 0 saturated heterocycles. The zero-order valence-electron chi connectivity index (χ0n) is 11.8. The van der Waals surface area contributed by atoms with Crippen molar-refractivity contribution in [1.82, 2.24) is 5.32 Å². The number of rotatable bonds is 4. The molecular formula is C16H29N. The van der Waals surface area contributed by atoms with Crippen LogP contribution in [0.2, 0.25) is 0 Å². The highest BCUT2D eigenvalue weighted by atomic mass is 14.9. The van der Waals surface area contributed by atoms with Crippen molar-refractivity contribution in [1.29, 1.82) is 0 Å². The van der Waals surface area contributed by atoms with Gasteiger partial charge in [-0.1, -0.05) is 27.2 Å². The number of hydrogen-bond acceptors (Lipinski definition) is 1. The summed E-state index contributed by atoms with van der Waals surface area (Å²) in [5.74, 6) is 6.04. The Morgan fingerprint density at radius 2 is 1.76 bits per heavy atom. The minimum atomic E-state index is 0.820. The summed E-state index contributed by atoms with van der Waals surface area (Å²) in [5.41, 5.74) is 0. The molecule has 2 bridgehead atoms. The maximum Gasteiger partial charge on any atom is 0.0101 e. The van der Waals surface area contributed by atoms with E-state index in [4.69, 9.17) is 0 Å². The summed E-state index contributed by atoms with van der Waals surface area (Å²) >= 11 is 0. The predicted octanol–water partition coefficient (Wildman–Crippen LogP) is 3.69. The minimum Gasteiger partial charge on any atom is -0.313 e. The highest BCUT2D eigenvalue weighted by Gasteiger charge is 2.53. The van der Waals surface area contributed by atoms with Crippen LogP contribution >= 0.6 is 0 Å². The van der Waals surface area contributed by atoms with Crippen LogP contribution in [-0.4, -0.2) is 12.6 Å². The quantitative estimate of drug-likeness (QED) is 0.783. The summed E-state index contributed by atoms with van der Waals surface area (Å²) in [6.07, 6.45) is 7.68. The van der Waals surface area contributed by atoms with Gasteiger partial charge in [0.15, 0.2) is 0 Å². The average molecular weight is 235 g/mol. The van der Waals surface area contributed by atoms with Gasteiger partial charge in [-0.3, -0.25) is 0 Å². The van der Waals surface area contributed by atoms with E-state index < -0.39 is 0 Å². The van der Waals surface area contributed by atoms with Crippen LogP contribution < -0.4 is 5.32 Å². The van der Waals surface area contributed by atoms with Gasteiger partial charge in [-0.05, 0) is 67.7 Å². The molecule has 6 unspecified atom stereocenters. The highest BCUT2D eigenvalue weighted by Crippen LogP contribution is 2.58. The zero-order chi connectivity index (χ0) is 12.0. The molecule has 3 fully saturated rings. The maximum atomic E-state index is 3.91. The molecule has 3 saturated carbocycles. The van der Waals surface area contributed by atoms with E-state index in [1.165, 1.54) is 19.4 Å². The van der Waals surface area contributed by atoms with E-state index in [-0.39, 0.29) is 0 Å². The van der Waals surface area contributed by atoms with Crippen molar-refractivity contribution in [3.05, 3.63) is 0 Å². The molecule has 1 nitrogen and oxygen atoms in total. The second-order valence-corrected chi connectivity index (χ2v) is 7.39. The van der Waals surface area contributed by atoms with Crippen molar-refractivity contribution in [2.45, 2.75) is 58.9 Å². The number of fused-ring (bicyclic) bond motifs is 5. The van der Waals surface area contributed by atoms with Crippen molar-refractivity contribution in [2.24, 2.45) is 35.5 Å². The topological polar surface area (TPSA) is 12.0 Å². The van der Waals surface area contributed by atoms with Gasteiger partial charge < -0.3 is 5.32 Å². The van der Waals surface area contributed by atoms with Gasteiger partial charge in [0.05, 0.1) is 0 Å². The Labute approximate surface area is 107 Å². The van der Waals surface area contributed by atoms with Crippen LogP contribution in [0, 0.1) is 35.5 Å². The van der Waals surface area contributed by atoms with Crippen LogP contribution in [0.3, 0.4) is 0 Å². The number of hydrogen-bond donors (Lipinski definition) is 1. The van der Waals surface area contributed by atoms with Crippen LogP contribution in [-0.2, 0) is 0 Å². The van der Waals surface area contributed by atoms with Crippen molar-refractivity contribution in [3.63, 3.8) is 0 Å². The summed E-state index contributed by atoms with van der Waals surface area (Å²) < 4.78 is 0. The molecule has 0 amide bonds. The van der Waals surface area contributed by atoms with Gasteiger partial charge >= 0.3 is 0 Å². The lowest BCUT2D eigenvalue weighted by Crippen LogP contribution is -2.41. The Kier molecular flexibility index (Phi) is 3.23. The smallest absolute Gasteiger partial charge is 0.0101 e. The SMILES string of the molecule is CC(C)C(C)CNC1CC2CC1C1CCCC21. The van der Waals surface area contributed by atoms with Crippen LogP contribution in [0.5, 0.6) is 0 Å². The van der Waals surface area contributed by atoms with Crippen LogP contribution in [0.15, 0.2) is 0 Å². The van der Waals surface area contributed by atoms with Gasteiger partial charge in [-0.25, -0.2) is 0 Å². The molecule has 0 spiro atoms. The van der Waals surface area contributed by atoms with Crippen LogP contribution in [0.4, 0.5) is 0 Å². The minimum absolute atomic E-state index is 0.820. The molecular weight excluding hydrogens is 206 g/mol. The van der Waals surface area contributed by atoms with Gasteiger partial charge in [-0.2, -0.15) is 0 Å². The molecule has 0 heterocycles. The summed E-state index contributed by atoms with van der Waals surface area (Å²) in [4.78, 5) is 0. The van der Waals surface area contributed by atoms with Gasteiger partial charge in [0.1, 0.15) is 0 Å². The van der Waals surface area contributed by atoms with E-state index in [1.807, 2.05) is 0 Å². The Bertz CT molecular complexity index is 273. The van der Waals surface area contributed by atoms with E-state index >= 15 is 0 Å². The van der Waals surface area contributed by atoms with Crippen molar-refractivity contribution in [3.8, 4) is 0 Å². The summed E-state index contributed by atoms with van der Waals surface area (Å²) in [6.45, 7) is 8.33. The summed E-state index contributed by atoms with van der Waals surface area (Å²) in [7, 11) is 0. The predicted molar refractivity (Wildman–Crippen MR) is 72.8 cm³/mol. The fraction of sp³-hybridized carbons (Fsp3) is 1.00. The molecule has 0 aliphatic heterocycles. The highest BCUT2D eigenvalue weighted by molar-refractivity contribution is 5.05. The fourth-order valence-electron chi connectivity index (χ4n) is 4.88. The molecule has 98 valence electrons. The first-order valence-electron chi connectivity index (χ1n) is 7.90. The summed E-state index contributed by atoms with van der Waals surface area (Å²) in [5, 5.41) is 3.91. The van der Waals surface area contributed by atoms with Crippen molar-refractivity contribution >= 4 is 0 Å². The largest absolute Gasteiger partial charge is 0.313 e. The maximum absolute atomic E-state index is 3.91. The fourth-order valence-corrected chi connectivity index (χ4v) is 4.88. The van der Waals surface area contributed by atoms with Crippen molar-refractivity contribution in [2.75, 3.05) is 6.54 Å². The lowest BCUT2D eigenvalue weighted by Gasteiger charge is -2.33. The van der Waals surface area contributed by atoms with Gasteiger partial charge in [0.2, 0.25) is 0 Å². The first-order chi connectivity index (χ1) is 8.16. The molecule has 1 N–H and O–H groups in total. The molecule has 3 aliphatic carbocycles. The third-order valence-corrected chi connectivity index (χ3v) is 6.27. The lowest BCUT2D eigenvalue weighted by atomic mass is 9.79. The Hall–Kier alpha value is -0.0400. The van der Waals surface area contributed by atoms with Gasteiger partial charge in [-0.15, -0.1) is 0 Å². The molecule has 0 aromatic heterocycles. The molecule has 3 rings (SSSR count). The second kappa shape index (κ2) is 4.57. The van der Waals surface area contributed by atoms with Crippen molar-refractivity contribution < 1.29 is 0 Å². The standard InChI is InChI=1S/C16H29N/c1-10(2)11(3)9-17-16-8-12-7-15(16)14-6-4-5-13(12)14/h10-17H,4-9H2,1-3H3. The van der Waals surface area contributed by atoms with Gasteiger partial charge in [0, 0.05) is 6.04 Å². The first kappa shape index (κ1) is 12.0. The van der Waals surface area contributed by atoms with E-state index in [9.17, 15) is 0 Å². The Morgan fingerprint density at radius 3 is 2.53 bits per heavy atom. The lowest BCUT2D eigenvalue weighted by molar-refractivity contribution is 0.200. The van der Waals surface area contributed by atoms with Gasteiger partial charge in [0.25, 0.3) is 0 Å². The number of nitrogens with one attached hydrogen (secondary N) is 1. The van der Waals surface area contributed by atoms with Crippen LogP contribution in [0.1, 0.15) is 52.9 Å². The molecule has 0 aromatic carbocycles. The second-order valence-electron chi connectivity index (χ2n) is 7.39. The molecule has 0 radical (unpaired) electrons. The zero-order valence-corrected chi connectivity index (χ0v) is 11.8. The Balaban J connectivity index is 1.54. The van der Waals surface area contributed by atoms with E-state index in [1.54, 1.807) is 19.3 Å². The van der Waals surface area contributed by atoms with E-state index in [2.05, 4.69) is 26.1 Å². The van der Waals surface area contributed by atoms with E-state index in [0.717, 1.165) is 41.5 Å². The third-order valence-electron chi connectivity index (χ3n) is 6.27. The van der Waals surface area contributed by atoms with Crippen LogP contribution in [0.25, 0.3) is 0 Å². The molecule has 6 atom stereocenters.